The van der Waals surface area contributed by atoms with Crippen LogP contribution < -0.4 is 4.90 Å². The number of anilines is 1. The Balaban J connectivity index is 2.05. The van der Waals surface area contributed by atoms with Crippen molar-refractivity contribution >= 4 is 33.5 Å². The van der Waals surface area contributed by atoms with E-state index >= 15 is 0 Å². The van der Waals surface area contributed by atoms with E-state index in [0.717, 1.165) is 11.2 Å². The summed E-state index contributed by atoms with van der Waals surface area (Å²) in [5.74, 6) is -2.98. The number of hydrogen-bond acceptors (Lipinski definition) is 7. The SMILES string of the molecule is COC(=O)CC(O)CC(O)C=Cc1c(-c2ccc(F)cc2)c(-c2ccc(F)cc2)c(C(=O)N(CS(C)(=O)=O)c2ccccc2)n1C(C)C. The van der Waals surface area contributed by atoms with Gasteiger partial charge in [-0.15, -0.1) is 0 Å². The maximum atomic E-state index is 14.8. The van der Waals surface area contributed by atoms with Gasteiger partial charge in [-0.2, -0.15) is 0 Å². The van der Waals surface area contributed by atoms with Crippen LogP contribution >= 0.6 is 0 Å². The topological polar surface area (TPSA) is 126 Å². The second-order valence-electron chi connectivity index (χ2n) is 11.7. The summed E-state index contributed by atoms with van der Waals surface area (Å²) >= 11 is 0. The van der Waals surface area contributed by atoms with Crippen LogP contribution in [0.1, 0.15) is 48.9 Å². The van der Waals surface area contributed by atoms with E-state index in [1.54, 1.807) is 41.0 Å². The number of carbonyl (C=O) groups excluding carboxylic acids is 2. The van der Waals surface area contributed by atoms with Crippen LogP contribution in [0, 0.1) is 11.6 Å². The number of carbonyl (C=O) groups is 2. The summed E-state index contributed by atoms with van der Waals surface area (Å²) in [7, 11) is -2.55. The molecule has 1 amide bonds. The molecule has 3 aromatic carbocycles. The number of aliphatic hydroxyl groups excluding tert-OH is 2. The molecule has 0 spiro atoms. The number of amides is 1. The zero-order chi connectivity index (χ0) is 35.2. The van der Waals surface area contributed by atoms with Gasteiger partial charge in [0.25, 0.3) is 5.91 Å². The molecular formula is C36H38F2N2O7S. The smallest absolute Gasteiger partial charge is 0.308 e. The van der Waals surface area contributed by atoms with Gasteiger partial charge in [-0.05, 0) is 67.4 Å². The highest BCUT2D eigenvalue weighted by Crippen LogP contribution is 2.43. The molecule has 0 aliphatic rings. The zero-order valence-electron chi connectivity index (χ0n) is 27.0. The number of methoxy groups -OCH3 is 1. The molecule has 0 bridgehead atoms. The van der Waals surface area contributed by atoms with Crippen molar-refractivity contribution in [3.05, 3.63) is 108 Å². The quantitative estimate of drug-likeness (QED) is 0.166. The van der Waals surface area contributed by atoms with Crippen molar-refractivity contribution in [3.63, 3.8) is 0 Å². The Morgan fingerprint density at radius 3 is 1.94 bits per heavy atom. The molecule has 0 aliphatic heterocycles. The summed E-state index contributed by atoms with van der Waals surface area (Å²) in [4.78, 5) is 27.6. The van der Waals surface area contributed by atoms with E-state index in [1.807, 2.05) is 13.8 Å². The monoisotopic (exact) mass is 680 g/mol. The summed E-state index contributed by atoms with van der Waals surface area (Å²) < 4.78 is 60.0. The van der Waals surface area contributed by atoms with Gasteiger partial charge < -0.3 is 19.5 Å². The molecule has 0 saturated carbocycles. The Morgan fingerprint density at radius 1 is 0.896 bits per heavy atom. The molecule has 4 rings (SSSR count). The normalized spacial score (nSPS) is 13.1. The van der Waals surface area contributed by atoms with Gasteiger partial charge in [0.15, 0.2) is 9.84 Å². The number of aromatic nitrogens is 1. The second-order valence-corrected chi connectivity index (χ2v) is 13.8. The van der Waals surface area contributed by atoms with Crippen molar-refractivity contribution in [2.75, 3.05) is 24.1 Å². The first kappa shape index (κ1) is 36.2. The van der Waals surface area contributed by atoms with Crippen molar-refractivity contribution < 1.29 is 41.7 Å². The van der Waals surface area contributed by atoms with Gasteiger partial charge in [0, 0.05) is 41.2 Å². The summed E-state index contributed by atoms with van der Waals surface area (Å²) in [5.41, 5.74) is 2.47. The standard InChI is InChI=1S/C36H38F2N2O7S/c1-23(2)40-31(19-18-29(41)20-30(42)21-32(43)47-3)33(24-10-14-26(37)15-11-24)34(25-12-16-27(38)17-13-25)35(40)36(44)39(22-48(4,45)46)28-8-6-5-7-9-28/h5-19,23,29-30,41-42H,20-22H2,1-4H3. The van der Waals surface area contributed by atoms with E-state index in [2.05, 4.69) is 4.74 Å². The number of hydrogen-bond donors (Lipinski definition) is 2. The molecule has 1 heterocycles. The molecule has 0 aliphatic carbocycles. The lowest BCUT2D eigenvalue weighted by atomic mass is 9.94. The first-order chi connectivity index (χ1) is 22.7. The van der Waals surface area contributed by atoms with Crippen LogP contribution in [-0.4, -0.2) is 66.5 Å². The number of benzene rings is 3. The molecule has 9 nitrogen and oxygen atoms in total. The van der Waals surface area contributed by atoms with Gasteiger partial charge in [0.05, 0.1) is 25.7 Å². The molecule has 1 aromatic heterocycles. The predicted molar refractivity (Wildman–Crippen MR) is 181 cm³/mol. The molecule has 0 fully saturated rings. The summed E-state index contributed by atoms with van der Waals surface area (Å²) in [5, 5.41) is 21.2. The molecule has 2 unspecified atom stereocenters. The Hall–Kier alpha value is -4.65. The fourth-order valence-electron chi connectivity index (χ4n) is 5.46. The Kier molecular flexibility index (Phi) is 11.7. The van der Waals surface area contributed by atoms with Crippen molar-refractivity contribution in [1.29, 1.82) is 0 Å². The minimum atomic E-state index is -3.74. The minimum absolute atomic E-state index is 0.0725. The first-order valence-corrected chi connectivity index (χ1v) is 17.2. The number of halogens is 2. The highest BCUT2D eigenvalue weighted by Gasteiger charge is 2.33. The fourth-order valence-corrected chi connectivity index (χ4v) is 6.20. The van der Waals surface area contributed by atoms with E-state index in [1.165, 1.54) is 61.7 Å². The van der Waals surface area contributed by atoms with Crippen LogP contribution in [0.2, 0.25) is 0 Å². The average Bonchev–Trinajstić information content (AvgIpc) is 3.38. The van der Waals surface area contributed by atoms with Crippen molar-refractivity contribution in [2.45, 2.75) is 44.9 Å². The summed E-state index contributed by atoms with van der Waals surface area (Å²) in [6.45, 7) is 3.63. The minimum Gasteiger partial charge on any atom is -0.469 e. The molecule has 12 heteroatoms. The van der Waals surface area contributed by atoms with Crippen molar-refractivity contribution in [1.82, 2.24) is 4.57 Å². The van der Waals surface area contributed by atoms with Gasteiger partial charge in [0.2, 0.25) is 0 Å². The van der Waals surface area contributed by atoms with E-state index in [-0.39, 0.29) is 18.5 Å². The average molecular weight is 681 g/mol. The second kappa shape index (κ2) is 15.5. The number of sulfone groups is 1. The van der Waals surface area contributed by atoms with Gasteiger partial charge in [-0.1, -0.05) is 48.5 Å². The van der Waals surface area contributed by atoms with Crippen molar-refractivity contribution in [3.8, 4) is 22.3 Å². The van der Waals surface area contributed by atoms with Crippen molar-refractivity contribution in [2.24, 2.45) is 0 Å². The Morgan fingerprint density at radius 2 is 1.44 bits per heavy atom. The number of ether oxygens (including phenoxy) is 1. The molecule has 0 radical (unpaired) electrons. The third kappa shape index (κ3) is 8.82. The van der Waals surface area contributed by atoms with Crippen LogP contribution in [0.3, 0.4) is 0 Å². The predicted octanol–water partition coefficient (Wildman–Crippen LogP) is 6.02. The summed E-state index contributed by atoms with van der Waals surface area (Å²) in [6, 6.07) is 18.9. The van der Waals surface area contributed by atoms with E-state index in [9.17, 15) is 37.0 Å². The van der Waals surface area contributed by atoms with Gasteiger partial charge in [-0.25, -0.2) is 17.2 Å². The van der Waals surface area contributed by atoms with Crippen LogP contribution in [0.5, 0.6) is 0 Å². The van der Waals surface area contributed by atoms with E-state index in [4.69, 9.17) is 0 Å². The molecule has 4 aromatic rings. The Bertz CT molecular complexity index is 1870. The lowest BCUT2D eigenvalue weighted by molar-refractivity contribution is -0.143. The first-order valence-electron chi connectivity index (χ1n) is 15.2. The fraction of sp³-hybridized carbons (Fsp3) is 0.278. The molecule has 48 heavy (non-hydrogen) atoms. The van der Waals surface area contributed by atoms with Crippen LogP contribution in [0.25, 0.3) is 28.3 Å². The highest BCUT2D eigenvalue weighted by atomic mass is 32.2. The lowest BCUT2D eigenvalue weighted by Crippen LogP contribution is -2.37. The number of nitrogens with zero attached hydrogens (tertiary/aromatic N) is 2. The number of esters is 1. The third-order valence-electron chi connectivity index (χ3n) is 7.52. The van der Waals surface area contributed by atoms with Crippen LogP contribution in [-0.2, 0) is 19.4 Å². The Labute approximate surface area is 278 Å². The molecule has 2 atom stereocenters. The maximum absolute atomic E-state index is 14.8. The van der Waals surface area contributed by atoms with E-state index in [0.29, 0.717) is 33.6 Å². The highest BCUT2D eigenvalue weighted by molar-refractivity contribution is 7.90. The van der Waals surface area contributed by atoms with E-state index < -0.39 is 57.5 Å². The third-order valence-corrected chi connectivity index (χ3v) is 8.25. The number of aliphatic hydroxyl groups is 2. The molecule has 0 saturated heterocycles. The number of rotatable bonds is 13. The van der Waals surface area contributed by atoms with Gasteiger partial charge in [0.1, 0.15) is 23.2 Å². The number of para-hydroxylation sites is 1. The van der Waals surface area contributed by atoms with Crippen LogP contribution in [0.15, 0.2) is 84.9 Å². The molecular weight excluding hydrogens is 642 g/mol. The molecule has 2 N–H and O–H groups in total. The zero-order valence-corrected chi connectivity index (χ0v) is 27.8. The summed E-state index contributed by atoms with van der Waals surface area (Å²) in [6.07, 6.45) is 1.01. The maximum Gasteiger partial charge on any atom is 0.308 e. The lowest BCUT2D eigenvalue weighted by Gasteiger charge is -2.25. The van der Waals surface area contributed by atoms with Crippen LogP contribution in [0.4, 0.5) is 14.5 Å². The largest absolute Gasteiger partial charge is 0.469 e. The van der Waals surface area contributed by atoms with Gasteiger partial charge >= 0.3 is 5.97 Å². The van der Waals surface area contributed by atoms with Gasteiger partial charge in [-0.3, -0.25) is 14.5 Å². The molecule has 254 valence electrons.